The molecule has 1 heterocycles. The van der Waals surface area contributed by atoms with Crippen molar-refractivity contribution in [3.63, 3.8) is 0 Å². The Labute approximate surface area is 142 Å². The molecule has 1 aliphatic heterocycles. The highest BCUT2D eigenvalue weighted by Gasteiger charge is 2.30. The minimum Gasteiger partial charge on any atom is -0.294 e. The second-order valence-corrected chi connectivity index (χ2v) is 7.92. The molecule has 0 spiro atoms. The van der Waals surface area contributed by atoms with E-state index in [9.17, 15) is 12.8 Å². The minimum atomic E-state index is -3.63. The zero-order chi connectivity index (χ0) is 17.2. The van der Waals surface area contributed by atoms with Gasteiger partial charge in [-0.25, -0.2) is 12.8 Å². The molecular weight excluding hydrogens is 327 g/mol. The molecule has 1 fully saturated rings. The third-order valence-corrected chi connectivity index (χ3v) is 6.43. The molecule has 128 valence electrons. The lowest BCUT2D eigenvalue weighted by Crippen LogP contribution is -2.49. The van der Waals surface area contributed by atoms with E-state index in [-0.39, 0.29) is 10.9 Å². The predicted molar refractivity (Wildman–Crippen MR) is 91.6 cm³/mol. The van der Waals surface area contributed by atoms with E-state index >= 15 is 0 Å². The third-order valence-electron chi connectivity index (χ3n) is 4.54. The fraction of sp³-hybridized carbons (Fsp3) is 0.333. The van der Waals surface area contributed by atoms with Crippen molar-refractivity contribution in [2.45, 2.75) is 17.9 Å². The van der Waals surface area contributed by atoms with Crippen LogP contribution in [0, 0.1) is 5.82 Å². The highest BCUT2D eigenvalue weighted by molar-refractivity contribution is 7.89. The fourth-order valence-corrected chi connectivity index (χ4v) is 4.50. The van der Waals surface area contributed by atoms with Crippen molar-refractivity contribution in [2.75, 3.05) is 26.2 Å². The van der Waals surface area contributed by atoms with Gasteiger partial charge in [-0.3, -0.25) is 4.90 Å². The van der Waals surface area contributed by atoms with Crippen LogP contribution in [0.5, 0.6) is 0 Å². The molecule has 4 nitrogen and oxygen atoms in total. The van der Waals surface area contributed by atoms with Crippen LogP contribution in [0.3, 0.4) is 0 Å². The molecule has 1 aliphatic rings. The lowest BCUT2D eigenvalue weighted by atomic mass is 10.1. The first-order chi connectivity index (χ1) is 11.5. The highest BCUT2D eigenvalue weighted by Crippen LogP contribution is 2.24. The van der Waals surface area contributed by atoms with Gasteiger partial charge in [-0.1, -0.05) is 36.4 Å². The van der Waals surface area contributed by atoms with Gasteiger partial charge in [-0.15, -0.1) is 0 Å². The number of hydrogen-bond donors (Lipinski definition) is 0. The average Bonchev–Trinajstić information content (AvgIpc) is 2.62. The van der Waals surface area contributed by atoms with Gasteiger partial charge in [0.05, 0.1) is 4.90 Å². The maximum absolute atomic E-state index is 13.3. The second-order valence-electron chi connectivity index (χ2n) is 5.98. The molecule has 24 heavy (non-hydrogen) atoms. The van der Waals surface area contributed by atoms with Crippen LogP contribution in [0.1, 0.15) is 18.5 Å². The van der Waals surface area contributed by atoms with Crippen LogP contribution in [-0.2, 0) is 10.0 Å². The Balaban J connectivity index is 1.69. The average molecular weight is 348 g/mol. The molecule has 0 aliphatic carbocycles. The number of piperazine rings is 1. The van der Waals surface area contributed by atoms with Crippen LogP contribution in [0.4, 0.5) is 4.39 Å². The smallest absolute Gasteiger partial charge is 0.243 e. The van der Waals surface area contributed by atoms with Crippen molar-refractivity contribution < 1.29 is 12.8 Å². The quantitative estimate of drug-likeness (QED) is 0.853. The van der Waals surface area contributed by atoms with Crippen LogP contribution in [0.25, 0.3) is 0 Å². The van der Waals surface area contributed by atoms with E-state index in [1.807, 2.05) is 18.2 Å². The molecule has 3 rings (SSSR count). The Morgan fingerprint density at radius 2 is 1.62 bits per heavy atom. The van der Waals surface area contributed by atoms with Gasteiger partial charge in [0.2, 0.25) is 10.0 Å². The van der Waals surface area contributed by atoms with Crippen LogP contribution in [0.15, 0.2) is 59.5 Å². The Morgan fingerprint density at radius 3 is 2.25 bits per heavy atom. The first kappa shape index (κ1) is 17.1. The molecule has 0 radical (unpaired) electrons. The van der Waals surface area contributed by atoms with Crippen molar-refractivity contribution in [1.82, 2.24) is 9.21 Å². The molecule has 0 N–H and O–H groups in total. The van der Waals surface area contributed by atoms with Crippen LogP contribution in [0.2, 0.25) is 0 Å². The second kappa shape index (κ2) is 7.01. The molecule has 1 atom stereocenters. The van der Waals surface area contributed by atoms with Crippen molar-refractivity contribution in [3.05, 3.63) is 66.0 Å². The van der Waals surface area contributed by atoms with E-state index in [0.29, 0.717) is 26.2 Å². The molecule has 0 bridgehead atoms. The molecule has 0 saturated carbocycles. The number of halogens is 1. The summed E-state index contributed by atoms with van der Waals surface area (Å²) in [6.07, 6.45) is 0. The van der Waals surface area contributed by atoms with E-state index in [4.69, 9.17) is 0 Å². The zero-order valence-corrected chi connectivity index (χ0v) is 14.4. The van der Waals surface area contributed by atoms with Gasteiger partial charge in [0.1, 0.15) is 5.82 Å². The van der Waals surface area contributed by atoms with Gasteiger partial charge >= 0.3 is 0 Å². The lowest BCUT2D eigenvalue weighted by molar-refractivity contribution is 0.146. The summed E-state index contributed by atoms with van der Waals surface area (Å²) in [5.41, 5.74) is 1.22. The number of benzene rings is 2. The Bertz CT molecular complexity index is 788. The molecule has 0 unspecified atom stereocenters. The van der Waals surface area contributed by atoms with Crippen molar-refractivity contribution in [2.24, 2.45) is 0 Å². The van der Waals surface area contributed by atoms with Gasteiger partial charge in [0.25, 0.3) is 0 Å². The van der Waals surface area contributed by atoms with Gasteiger partial charge < -0.3 is 0 Å². The third kappa shape index (κ3) is 3.50. The highest BCUT2D eigenvalue weighted by atomic mass is 32.2. The summed E-state index contributed by atoms with van der Waals surface area (Å²) in [5.74, 6) is -0.535. The van der Waals surface area contributed by atoms with E-state index in [2.05, 4.69) is 24.0 Å². The van der Waals surface area contributed by atoms with Crippen LogP contribution < -0.4 is 0 Å². The van der Waals surface area contributed by atoms with E-state index in [1.165, 1.54) is 28.1 Å². The predicted octanol–water partition coefficient (Wildman–Crippen LogP) is 2.89. The standard InChI is InChI=1S/C18H21FN2O2S/c1-15(16-6-3-2-4-7-16)20-10-12-21(13-11-20)24(22,23)18-9-5-8-17(19)14-18/h2-9,14-15H,10-13H2,1H3/t15-/m0/s1. The molecular formula is C18H21FN2O2S. The molecule has 2 aromatic rings. The van der Waals surface area contributed by atoms with Crippen molar-refractivity contribution in [3.8, 4) is 0 Å². The summed E-state index contributed by atoms with van der Waals surface area (Å²) < 4.78 is 40.0. The maximum atomic E-state index is 13.3. The normalized spacial score (nSPS) is 18.4. The Morgan fingerprint density at radius 1 is 0.958 bits per heavy atom. The van der Waals surface area contributed by atoms with Gasteiger partial charge in [-0.2, -0.15) is 4.31 Å². The summed E-state index contributed by atoms with van der Waals surface area (Å²) in [6, 6.07) is 15.6. The number of sulfonamides is 1. The van der Waals surface area contributed by atoms with E-state index in [1.54, 1.807) is 0 Å². The van der Waals surface area contributed by atoms with Gasteiger partial charge in [0, 0.05) is 32.2 Å². The Kier molecular flexibility index (Phi) is 4.99. The summed E-state index contributed by atoms with van der Waals surface area (Å²) in [6.45, 7) is 4.27. The summed E-state index contributed by atoms with van der Waals surface area (Å²) in [7, 11) is -3.63. The fourth-order valence-electron chi connectivity index (χ4n) is 3.05. The minimum absolute atomic E-state index is 0.0204. The van der Waals surface area contributed by atoms with E-state index < -0.39 is 15.8 Å². The topological polar surface area (TPSA) is 40.6 Å². The van der Waals surface area contributed by atoms with Crippen molar-refractivity contribution in [1.29, 1.82) is 0 Å². The largest absolute Gasteiger partial charge is 0.294 e. The van der Waals surface area contributed by atoms with Crippen molar-refractivity contribution >= 4 is 10.0 Å². The monoisotopic (exact) mass is 348 g/mol. The zero-order valence-electron chi connectivity index (χ0n) is 13.6. The number of nitrogens with zero attached hydrogens (tertiary/aromatic N) is 2. The first-order valence-electron chi connectivity index (χ1n) is 8.03. The molecule has 2 aromatic carbocycles. The summed E-state index contributed by atoms with van der Waals surface area (Å²) >= 11 is 0. The van der Waals surface area contributed by atoms with Gasteiger partial charge in [-0.05, 0) is 30.7 Å². The Hall–Kier alpha value is -1.76. The van der Waals surface area contributed by atoms with Gasteiger partial charge in [0.15, 0.2) is 0 Å². The lowest BCUT2D eigenvalue weighted by Gasteiger charge is -2.37. The first-order valence-corrected chi connectivity index (χ1v) is 9.47. The molecule has 0 aromatic heterocycles. The number of rotatable bonds is 4. The number of hydrogen-bond acceptors (Lipinski definition) is 3. The summed E-state index contributed by atoms with van der Waals surface area (Å²) in [5, 5.41) is 0. The molecule has 6 heteroatoms. The maximum Gasteiger partial charge on any atom is 0.243 e. The molecule has 1 saturated heterocycles. The van der Waals surface area contributed by atoms with Crippen LogP contribution in [-0.4, -0.2) is 43.8 Å². The van der Waals surface area contributed by atoms with Crippen LogP contribution >= 0.6 is 0 Å². The van der Waals surface area contributed by atoms with E-state index in [0.717, 1.165) is 6.07 Å². The molecule has 0 amide bonds. The summed E-state index contributed by atoms with van der Waals surface area (Å²) in [4.78, 5) is 2.29. The SMILES string of the molecule is C[C@@H](c1ccccc1)N1CCN(S(=O)(=O)c2cccc(F)c2)CC1.